The van der Waals surface area contributed by atoms with Crippen LogP contribution in [0.4, 0.5) is 0 Å². The van der Waals surface area contributed by atoms with Crippen molar-refractivity contribution in [3.8, 4) is 40.1 Å². The summed E-state index contributed by atoms with van der Waals surface area (Å²) < 4.78 is 27.4. The highest BCUT2D eigenvalue weighted by molar-refractivity contribution is 5.86. The van der Waals surface area contributed by atoms with Crippen LogP contribution in [0, 0.1) is 0 Å². The van der Waals surface area contributed by atoms with Crippen LogP contribution in [0.15, 0.2) is 39.5 Å². The predicted octanol–water partition coefficient (Wildman–Crippen LogP) is -2.43. The third-order valence-electron chi connectivity index (χ3n) is 6.92. The molecule has 0 radical (unpaired) electrons. The molecule has 42 heavy (non-hydrogen) atoms. The van der Waals surface area contributed by atoms with Crippen molar-refractivity contribution >= 4 is 11.0 Å². The lowest BCUT2D eigenvalue weighted by atomic mass is 9.99. The van der Waals surface area contributed by atoms with Crippen LogP contribution in [0.25, 0.3) is 22.3 Å². The van der Waals surface area contributed by atoms with Gasteiger partial charge in [-0.3, -0.25) is 4.79 Å². The Balaban J connectivity index is 1.52. The van der Waals surface area contributed by atoms with E-state index in [-0.39, 0.29) is 33.8 Å². The molecule has 0 amide bonds. The van der Waals surface area contributed by atoms with Gasteiger partial charge in [0.25, 0.3) is 0 Å². The van der Waals surface area contributed by atoms with Crippen molar-refractivity contribution < 1.29 is 74.4 Å². The fraction of sp³-hybridized carbons (Fsp3) is 0.423. The number of phenols is 3. The van der Waals surface area contributed by atoms with E-state index < -0.39 is 91.2 Å². The summed E-state index contributed by atoms with van der Waals surface area (Å²) in [7, 11) is 0. The van der Waals surface area contributed by atoms with E-state index >= 15 is 0 Å². The van der Waals surface area contributed by atoms with E-state index in [0.29, 0.717) is 0 Å². The third kappa shape index (κ3) is 5.42. The average Bonchev–Trinajstić information content (AvgIpc) is 2.94. The van der Waals surface area contributed by atoms with Crippen molar-refractivity contribution in [3.05, 3.63) is 40.6 Å². The first-order valence-electron chi connectivity index (χ1n) is 12.6. The second-order valence-electron chi connectivity index (χ2n) is 9.81. The summed E-state index contributed by atoms with van der Waals surface area (Å²) in [5.74, 6) is -2.69. The van der Waals surface area contributed by atoms with E-state index in [1.165, 1.54) is 0 Å². The molecule has 0 bridgehead atoms. The van der Waals surface area contributed by atoms with Crippen LogP contribution >= 0.6 is 0 Å². The fourth-order valence-corrected chi connectivity index (χ4v) is 4.60. The van der Waals surface area contributed by atoms with Crippen molar-refractivity contribution in [2.45, 2.75) is 55.3 Å². The van der Waals surface area contributed by atoms with E-state index in [0.717, 1.165) is 30.3 Å². The fourth-order valence-electron chi connectivity index (χ4n) is 4.60. The van der Waals surface area contributed by atoms with E-state index in [4.69, 9.17) is 23.4 Å². The van der Waals surface area contributed by atoms with Gasteiger partial charge in [0.2, 0.25) is 12.6 Å². The average molecular weight is 596 g/mol. The van der Waals surface area contributed by atoms with Crippen LogP contribution in [0.3, 0.4) is 0 Å². The monoisotopic (exact) mass is 596 g/mol. The Hall–Kier alpha value is -3.71. The number of aliphatic hydroxyl groups excluding tert-OH is 7. The highest BCUT2D eigenvalue weighted by Crippen LogP contribution is 2.41. The molecule has 2 aliphatic rings. The molecule has 3 heterocycles. The van der Waals surface area contributed by atoms with Crippen LogP contribution in [-0.4, -0.2) is 120 Å². The van der Waals surface area contributed by atoms with Gasteiger partial charge < -0.3 is 74.4 Å². The lowest BCUT2D eigenvalue weighted by Crippen LogP contribution is -2.60. The molecule has 16 heteroatoms. The molecular weight excluding hydrogens is 568 g/mol. The second-order valence-corrected chi connectivity index (χ2v) is 9.81. The summed E-state index contributed by atoms with van der Waals surface area (Å²) in [5.41, 5.74) is -1.18. The molecule has 0 aliphatic carbocycles. The standard InChI is InChI=1S/C26H28O16/c27-6-18-21(34)22(35)24(37)26(42-18)39-8-1-12(30)19-13(31)5-15(40-17(19)2-8)9-3-10(28)11(29)4-16(9)41-25-23(36)20(33)14(32)7-38-25/h1-5,14,18,20-30,32-37H,6-7H2. The first-order chi connectivity index (χ1) is 19.9. The molecule has 2 aliphatic heterocycles. The Labute approximate surface area is 235 Å². The van der Waals surface area contributed by atoms with Crippen LogP contribution in [0.2, 0.25) is 0 Å². The number of rotatable bonds is 6. The largest absolute Gasteiger partial charge is 0.507 e. The summed E-state index contributed by atoms with van der Waals surface area (Å²) in [6, 6.07) is 4.98. The number of fused-ring (bicyclic) bond motifs is 1. The van der Waals surface area contributed by atoms with E-state index in [9.17, 15) is 55.9 Å². The Morgan fingerprint density at radius 2 is 1.45 bits per heavy atom. The van der Waals surface area contributed by atoms with Crippen LogP contribution in [0.5, 0.6) is 28.7 Å². The van der Waals surface area contributed by atoms with Crippen molar-refractivity contribution in [3.63, 3.8) is 0 Å². The molecule has 5 rings (SSSR count). The number of hydrogen-bond acceptors (Lipinski definition) is 16. The topological polar surface area (TPSA) is 269 Å². The van der Waals surface area contributed by atoms with Gasteiger partial charge >= 0.3 is 0 Å². The minimum Gasteiger partial charge on any atom is -0.507 e. The maximum absolute atomic E-state index is 13.0. The lowest BCUT2D eigenvalue weighted by molar-refractivity contribution is -0.277. The quantitative estimate of drug-likeness (QED) is 0.133. The summed E-state index contributed by atoms with van der Waals surface area (Å²) in [4.78, 5) is 13.0. The van der Waals surface area contributed by atoms with Gasteiger partial charge in [-0.25, -0.2) is 0 Å². The summed E-state index contributed by atoms with van der Waals surface area (Å²) in [5, 5.41) is 100. The third-order valence-corrected chi connectivity index (χ3v) is 6.92. The van der Waals surface area contributed by atoms with Gasteiger partial charge in [-0.2, -0.15) is 0 Å². The minimum atomic E-state index is -1.77. The number of ether oxygens (including phenoxy) is 4. The van der Waals surface area contributed by atoms with Crippen LogP contribution in [0.1, 0.15) is 0 Å². The van der Waals surface area contributed by atoms with Crippen molar-refractivity contribution in [1.82, 2.24) is 0 Å². The van der Waals surface area contributed by atoms with Gasteiger partial charge in [-0.1, -0.05) is 0 Å². The molecular formula is C26H28O16. The molecule has 2 saturated heterocycles. The van der Waals surface area contributed by atoms with Gasteiger partial charge in [-0.15, -0.1) is 0 Å². The molecule has 16 nitrogen and oxygen atoms in total. The number of aromatic hydroxyl groups is 3. The molecule has 228 valence electrons. The molecule has 2 fully saturated rings. The van der Waals surface area contributed by atoms with E-state index in [1.807, 2.05) is 0 Å². The van der Waals surface area contributed by atoms with Gasteiger partial charge in [0.15, 0.2) is 16.9 Å². The predicted molar refractivity (Wildman–Crippen MR) is 136 cm³/mol. The number of benzene rings is 2. The summed E-state index contributed by atoms with van der Waals surface area (Å²) in [6.45, 7) is -1.11. The van der Waals surface area contributed by atoms with Crippen molar-refractivity contribution in [2.75, 3.05) is 13.2 Å². The molecule has 3 aromatic rings. The number of hydrogen-bond donors (Lipinski definition) is 10. The zero-order valence-corrected chi connectivity index (χ0v) is 21.4. The highest BCUT2D eigenvalue weighted by atomic mass is 16.7. The van der Waals surface area contributed by atoms with Gasteiger partial charge in [0.05, 0.1) is 18.8 Å². The van der Waals surface area contributed by atoms with Crippen LogP contribution in [-0.2, 0) is 9.47 Å². The molecule has 9 unspecified atom stereocenters. The summed E-state index contributed by atoms with van der Waals surface area (Å²) in [6.07, 6.45) is -14.3. The van der Waals surface area contributed by atoms with Gasteiger partial charge in [-0.05, 0) is 6.07 Å². The Bertz CT molecular complexity index is 1500. The molecule has 2 aromatic carbocycles. The second kappa shape index (κ2) is 11.5. The molecule has 9 atom stereocenters. The van der Waals surface area contributed by atoms with Gasteiger partial charge in [0.1, 0.15) is 76.7 Å². The highest BCUT2D eigenvalue weighted by Gasteiger charge is 2.45. The first-order valence-corrected chi connectivity index (χ1v) is 12.6. The molecule has 0 spiro atoms. The Kier molecular flexibility index (Phi) is 8.17. The lowest BCUT2D eigenvalue weighted by Gasteiger charge is -2.39. The normalized spacial score (nSPS) is 31.6. The smallest absolute Gasteiger partial charge is 0.229 e. The van der Waals surface area contributed by atoms with Crippen molar-refractivity contribution in [1.29, 1.82) is 0 Å². The van der Waals surface area contributed by atoms with Crippen LogP contribution < -0.4 is 14.9 Å². The number of phenolic OH excluding ortho intramolecular Hbond substituents is 3. The van der Waals surface area contributed by atoms with E-state index in [1.54, 1.807) is 0 Å². The zero-order chi connectivity index (χ0) is 30.5. The van der Waals surface area contributed by atoms with Crippen molar-refractivity contribution in [2.24, 2.45) is 0 Å². The zero-order valence-electron chi connectivity index (χ0n) is 21.4. The first kappa shape index (κ1) is 29.8. The molecule has 1 aromatic heterocycles. The summed E-state index contributed by atoms with van der Waals surface area (Å²) >= 11 is 0. The molecule has 10 N–H and O–H groups in total. The SMILES string of the molecule is O=c1cc(-c2cc(O)c(O)cc2OC2OCC(O)C(O)C2O)oc2cc(OC3OC(CO)C(O)C(O)C3O)cc(O)c12. The minimum absolute atomic E-state index is 0.138. The maximum atomic E-state index is 13.0. The number of aliphatic hydroxyl groups is 7. The maximum Gasteiger partial charge on any atom is 0.229 e. The van der Waals surface area contributed by atoms with Gasteiger partial charge in [0, 0.05) is 24.3 Å². The Morgan fingerprint density at radius 1 is 0.762 bits per heavy atom. The Morgan fingerprint density at radius 3 is 2.17 bits per heavy atom. The van der Waals surface area contributed by atoms with E-state index in [2.05, 4.69) is 0 Å². The molecule has 0 saturated carbocycles.